The highest BCUT2D eigenvalue weighted by atomic mass is 32.2. The van der Waals surface area contributed by atoms with E-state index in [-0.39, 0.29) is 0 Å². The third-order valence-corrected chi connectivity index (χ3v) is 3.97. The van der Waals surface area contributed by atoms with E-state index >= 15 is 0 Å². The molecule has 0 bridgehead atoms. The first kappa shape index (κ1) is 18.4. The number of thioether (sulfide) groups is 1. The lowest BCUT2D eigenvalue weighted by molar-refractivity contribution is -0.404. The van der Waals surface area contributed by atoms with Crippen molar-refractivity contribution in [3.05, 3.63) is 45.8 Å². The van der Waals surface area contributed by atoms with Gasteiger partial charge < -0.3 is 15.1 Å². The van der Waals surface area contributed by atoms with Gasteiger partial charge in [-0.15, -0.1) is 0 Å². The first-order valence-corrected chi connectivity index (χ1v) is 8.31. The number of hydrogen-bond acceptors (Lipinski definition) is 7. The molecular weight excluding hydrogens is 304 g/mol. The molecule has 7 nitrogen and oxygen atoms in total. The van der Waals surface area contributed by atoms with E-state index in [9.17, 15) is 10.1 Å². The van der Waals surface area contributed by atoms with Crippen LogP contribution in [-0.4, -0.2) is 42.8 Å². The zero-order chi connectivity index (χ0) is 16.4. The summed E-state index contributed by atoms with van der Waals surface area (Å²) in [5, 5.41) is 16.1. The van der Waals surface area contributed by atoms with E-state index < -0.39 is 4.92 Å². The van der Waals surface area contributed by atoms with Crippen LogP contribution in [0.15, 0.2) is 28.6 Å². The summed E-state index contributed by atoms with van der Waals surface area (Å²) in [4.78, 5) is 12.1. The fourth-order valence-corrected chi connectivity index (χ4v) is 2.44. The van der Waals surface area contributed by atoms with Crippen LogP contribution in [0.5, 0.6) is 0 Å². The molecule has 2 N–H and O–H groups in total. The molecule has 0 aromatic carbocycles. The Hall–Kier alpha value is -1.67. The third kappa shape index (κ3) is 7.37. The zero-order valence-corrected chi connectivity index (χ0v) is 14.1. The SMILES string of the molecule is CCN(C)Cc1ccc(CSCCN/C(=C/[N+](=O)[O-])NC)o1. The lowest BCUT2D eigenvalue weighted by atomic mass is 10.4. The Morgan fingerprint density at radius 2 is 2.23 bits per heavy atom. The fraction of sp³-hybridized carbons (Fsp3) is 0.571. The lowest BCUT2D eigenvalue weighted by Crippen LogP contribution is -2.26. The summed E-state index contributed by atoms with van der Waals surface area (Å²) in [7, 11) is 3.70. The molecule has 0 radical (unpaired) electrons. The van der Waals surface area contributed by atoms with Crippen molar-refractivity contribution in [2.75, 3.05) is 32.9 Å². The molecule has 0 atom stereocenters. The average molecular weight is 328 g/mol. The van der Waals surface area contributed by atoms with E-state index in [0.29, 0.717) is 12.4 Å². The molecule has 0 amide bonds. The Balaban J connectivity index is 2.23. The van der Waals surface area contributed by atoms with Crippen molar-refractivity contribution in [1.29, 1.82) is 0 Å². The third-order valence-electron chi connectivity index (χ3n) is 2.99. The Bertz CT molecular complexity index is 490. The molecule has 124 valence electrons. The van der Waals surface area contributed by atoms with Crippen molar-refractivity contribution in [3.8, 4) is 0 Å². The van der Waals surface area contributed by atoms with Crippen molar-refractivity contribution in [2.24, 2.45) is 0 Å². The van der Waals surface area contributed by atoms with Gasteiger partial charge in [-0.25, -0.2) is 0 Å². The van der Waals surface area contributed by atoms with Gasteiger partial charge in [0.1, 0.15) is 11.5 Å². The summed E-state index contributed by atoms with van der Waals surface area (Å²) in [6.45, 7) is 4.57. The van der Waals surface area contributed by atoms with Gasteiger partial charge in [-0.05, 0) is 25.7 Å². The van der Waals surface area contributed by atoms with Crippen molar-refractivity contribution >= 4 is 11.8 Å². The molecule has 0 saturated carbocycles. The van der Waals surface area contributed by atoms with Gasteiger partial charge in [-0.2, -0.15) is 11.8 Å². The maximum atomic E-state index is 10.4. The van der Waals surface area contributed by atoms with E-state index in [1.54, 1.807) is 18.8 Å². The highest BCUT2D eigenvalue weighted by Crippen LogP contribution is 2.16. The lowest BCUT2D eigenvalue weighted by Gasteiger charge is -2.10. The number of hydrogen-bond donors (Lipinski definition) is 2. The summed E-state index contributed by atoms with van der Waals surface area (Å²) in [6, 6.07) is 4.02. The molecule has 0 aliphatic heterocycles. The van der Waals surface area contributed by atoms with Gasteiger partial charge in [0.25, 0.3) is 6.20 Å². The number of rotatable bonds is 11. The quantitative estimate of drug-likeness (QED) is 0.364. The first-order chi connectivity index (χ1) is 10.5. The smallest absolute Gasteiger partial charge is 0.274 e. The second-order valence-corrected chi connectivity index (χ2v) is 5.86. The molecule has 0 unspecified atom stereocenters. The molecule has 0 fully saturated rings. The van der Waals surface area contributed by atoms with Gasteiger partial charge in [0, 0.05) is 19.3 Å². The van der Waals surface area contributed by atoms with E-state index in [0.717, 1.165) is 42.3 Å². The maximum absolute atomic E-state index is 10.4. The molecule has 0 spiro atoms. The second kappa shape index (κ2) is 10.1. The second-order valence-electron chi connectivity index (χ2n) is 4.76. The molecule has 22 heavy (non-hydrogen) atoms. The van der Waals surface area contributed by atoms with Crippen LogP contribution < -0.4 is 10.6 Å². The molecule has 1 rings (SSSR count). The molecular formula is C14H24N4O3S. The normalized spacial score (nSPS) is 11.7. The molecule has 0 aliphatic rings. The summed E-state index contributed by atoms with van der Waals surface area (Å²) in [5.74, 6) is 3.98. The highest BCUT2D eigenvalue weighted by molar-refractivity contribution is 7.98. The summed E-state index contributed by atoms with van der Waals surface area (Å²) in [5.41, 5.74) is 0. The van der Waals surface area contributed by atoms with Gasteiger partial charge in [-0.1, -0.05) is 6.92 Å². The van der Waals surface area contributed by atoms with Crippen LogP contribution in [0.2, 0.25) is 0 Å². The van der Waals surface area contributed by atoms with Crippen LogP contribution in [0.4, 0.5) is 0 Å². The van der Waals surface area contributed by atoms with E-state index in [1.807, 2.05) is 12.1 Å². The van der Waals surface area contributed by atoms with Gasteiger partial charge in [0.2, 0.25) is 0 Å². The van der Waals surface area contributed by atoms with E-state index in [4.69, 9.17) is 4.42 Å². The van der Waals surface area contributed by atoms with Crippen molar-refractivity contribution < 1.29 is 9.34 Å². The molecule has 1 heterocycles. The van der Waals surface area contributed by atoms with Crippen LogP contribution >= 0.6 is 11.8 Å². The number of nitro groups is 1. The van der Waals surface area contributed by atoms with Gasteiger partial charge in [0.05, 0.1) is 17.2 Å². The van der Waals surface area contributed by atoms with Crippen LogP contribution in [-0.2, 0) is 12.3 Å². The van der Waals surface area contributed by atoms with Crippen LogP contribution in [0.25, 0.3) is 0 Å². The average Bonchev–Trinajstić information content (AvgIpc) is 2.92. The molecule has 1 aromatic rings. The van der Waals surface area contributed by atoms with Crippen molar-refractivity contribution in [3.63, 3.8) is 0 Å². The molecule has 8 heteroatoms. The van der Waals surface area contributed by atoms with Crippen molar-refractivity contribution in [2.45, 2.75) is 19.2 Å². The van der Waals surface area contributed by atoms with E-state index in [1.165, 1.54) is 0 Å². The van der Waals surface area contributed by atoms with Gasteiger partial charge >= 0.3 is 0 Å². The summed E-state index contributed by atoms with van der Waals surface area (Å²) < 4.78 is 5.76. The highest BCUT2D eigenvalue weighted by Gasteiger charge is 2.05. The number of nitrogens with zero attached hydrogens (tertiary/aromatic N) is 2. The van der Waals surface area contributed by atoms with Gasteiger partial charge in [-0.3, -0.25) is 15.0 Å². The topological polar surface area (TPSA) is 83.6 Å². The van der Waals surface area contributed by atoms with Crippen LogP contribution in [0.1, 0.15) is 18.4 Å². The molecule has 1 aromatic heterocycles. The fourth-order valence-electron chi connectivity index (χ4n) is 1.70. The summed E-state index contributed by atoms with van der Waals surface area (Å²) in [6.07, 6.45) is 0.924. The molecule has 0 aliphatic carbocycles. The first-order valence-electron chi connectivity index (χ1n) is 7.16. The molecule has 0 saturated heterocycles. The predicted molar refractivity (Wildman–Crippen MR) is 89.0 cm³/mol. The standard InChI is InChI=1S/C14H24N4O3S/c1-4-17(3)9-12-5-6-13(21-12)11-22-8-7-16-14(15-2)10-18(19)20/h5-6,10,15-16H,4,7-9,11H2,1-3H3/b14-10+. The van der Waals surface area contributed by atoms with Gasteiger partial charge in [0.15, 0.2) is 5.82 Å². The largest absolute Gasteiger partial charge is 0.464 e. The maximum Gasteiger partial charge on any atom is 0.274 e. The summed E-state index contributed by atoms with van der Waals surface area (Å²) >= 11 is 1.72. The minimum Gasteiger partial charge on any atom is -0.464 e. The number of furan rings is 1. The minimum absolute atomic E-state index is 0.411. The van der Waals surface area contributed by atoms with E-state index in [2.05, 4.69) is 29.5 Å². The Kier molecular flexibility index (Phi) is 8.46. The number of nitrogens with one attached hydrogen (secondary N) is 2. The monoisotopic (exact) mass is 328 g/mol. The van der Waals surface area contributed by atoms with Crippen LogP contribution in [0, 0.1) is 10.1 Å². The van der Waals surface area contributed by atoms with Crippen molar-refractivity contribution in [1.82, 2.24) is 15.5 Å². The predicted octanol–water partition coefficient (Wildman–Crippen LogP) is 1.85. The zero-order valence-electron chi connectivity index (χ0n) is 13.3. The Morgan fingerprint density at radius 3 is 2.86 bits per heavy atom. The minimum atomic E-state index is -0.482. The Morgan fingerprint density at radius 1 is 1.50 bits per heavy atom. The Labute approximate surface area is 135 Å². The van der Waals surface area contributed by atoms with Crippen LogP contribution in [0.3, 0.4) is 0 Å².